The summed E-state index contributed by atoms with van der Waals surface area (Å²) in [7, 11) is 11.3. The molecule has 0 saturated heterocycles. The van der Waals surface area contributed by atoms with Gasteiger partial charge in [-0.2, -0.15) is 47.5 Å². The van der Waals surface area contributed by atoms with Crippen molar-refractivity contribution in [2.24, 2.45) is 0 Å². The summed E-state index contributed by atoms with van der Waals surface area (Å²) in [4.78, 5) is 0. The van der Waals surface area contributed by atoms with Gasteiger partial charge in [0, 0.05) is 0 Å². The zero-order chi connectivity index (χ0) is 14.0. The molecule has 0 spiro atoms. The Morgan fingerprint density at radius 2 is 1.33 bits per heavy atom. The number of aryl methyl sites for hydroxylation is 2. The first kappa shape index (κ1) is 18.4. The molecule has 0 atom stereocenters. The fourth-order valence-electron chi connectivity index (χ4n) is 0.920. The predicted molar refractivity (Wildman–Crippen MR) is 82.7 cm³/mol. The number of rotatable bonds is 0. The normalized spacial score (nSPS) is 8.56. The van der Waals surface area contributed by atoms with E-state index >= 15 is 0 Å². The van der Waals surface area contributed by atoms with E-state index < -0.39 is 17.7 Å². The van der Waals surface area contributed by atoms with Crippen LogP contribution in [-0.4, -0.2) is 5.49 Å². The molecule has 4 heteroatoms. The van der Waals surface area contributed by atoms with Crippen molar-refractivity contribution in [1.82, 2.24) is 0 Å². The van der Waals surface area contributed by atoms with Crippen molar-refractivity contribution in [2.75, 3.05) is 0 Å². The van der Waals surface area contributed by atoms with Crippen molar-refractivity contribution < 1.29 is 17.7 Å². The van der Waals surface area contributed by atoms with Gasteiger partial charge in [-0.1, -0.05) is 13.8 Å². The Hall–Kier alpha value is 0.367. The maximum absolute atomic E-state index is 5.64. The third kappa shape index (κ3) is 10.3. The van der Waals surface area contributed by atoms with E-state index in [0.29, 0.717) is 0 Å². The first-order chi connectivity index (χ1) is 8.45. The van der Waals surface area contributed by atoms with Crippen LogP contribution in [0.5, 0.6) is 0 Å². The molecule has 0 aliphatic heterocycles. The first-order valence-corrected chi connectivity index (χ1v) is 22.6. The van der Waals surface area contributed by atoms with Crippen LogP contribution in [0.15, 0.2) is 48.5 Å². The maximum Gasteiger partial charge on any atom is -0.0958 e. The van der Waals surface area contributed by atoms with Crippen LogP contribution in [0.1, 0.15) is 11.1 Å². The molecule has 18 heavy (non-hydrogen) atoms. The molecule has 0 unspecified atom stereocenters. The largest absolute Gasteiger partial charge is 0.214 e. The molecule has 0 nitrogen and oxygen atoms in total. The summed E-state index contributed by atoms with van der Waals surface area (Å²) in [6.45, 7) is 8.59. The number of halogens is 2. The van der Waals surface area contributed by atoms with Gasteiger partial charge in [-0.3, -0.25) is 0 Å². The van der Waals surface area contributed by atoms with Crippen LogP contribution >= 0.6 is 17.2 Å². The van der Waals surface area contributed by atoms with E-state index in [1.54, 1.807) is 0 Å². The summed E-state index contributed by atoms with van der Waals surface area (Å²) >= 11 is -1.78. The van der Waals surface area contributed by atoms with Crippen LogP contribution in [-0.2, 0) is 17.7 Å². The third-order valence-corrected chi connectivity index (χ3v) is 29.7. The van der Waals surface area contributed by atoms with Gasteiger partial charge in [0.2, 0.25) is 0 Å². The molecule has 0 aliphatic rings. The summed E-state index contributed by atoms with van der Waals surface area (Å²) in [5, 5.41) is 0. The summed E-state index contributed by atoms with van der Waals surface area (Å²) in [5.74, 6) is 0. The summed E-state index contributed by atoms with van der Waals surface area (Å²) < 4.78 is 0. The quantitative estimate of drug-likeness (QED) is 0.351. The minimum atomic E-state index is -1.78. The Morgan fingerprint density at radius 3 is 1.44 bits per heavy atom. The average molecular weight is 466 g/mol. The van der Waals surface area contributed by atoms with Gasteiger partial charge in [0.1, 0.15) is 0 Å². The minimum Gasteiger partial charge on any atom is -0.214 e. The molecule has 0 N–H and O–H groups in total. The molecular formula is C14H20Cl2HfSi-2. The van der Waals surface area contributed by atoms with E-state index in [2.05, 4.69) is 45.1 Å². The molecular weight excluding hydrogens is 446 g/mol. The maximum atomic E-state index is 5.64. The Kier molecular flexibility index (Phi) is 11.4. The Balaban J connectivity index is 0.000000244. The van der Waals surface area contributed by atoms with Crippen molar-refractivity contribution in [3.63, 3.8) is 0 Å². The molecule has 0 bridgehead atoms. The fourth-order valence-corrected chi connectivity index (χ4v) is 0.920. The first-order valence-electron chi connectivity index (χ1n) is 5.79. The summed E-state index contributed by atoms with van der Waals surface area (Å²) in [5.41, 5.74) is 2.57. The molecule has 2 aromatic carbocycles. The summed E-state index contributed by atoms with van der Waals surface area (Å²) in [6.07, 6.45) is 0. The van der Waals surface area contributed by atoms with Crippen molar-refractivity contribution in [3.05, 3.63) is 59.7 Å². The van der Waals surface area contributed by atoms with Gasteiger partial charge < -0.3 is 0 Å². The molecule has 0 radical (unpaired) electrons. The van der Waals surface area contributed by atoms with Crippen molar-refractivity contribution in [2.45, 2.75) is 26.9 Å². The topological polar surface area (TPSA) is 0 Å². The van der Waals surface area contributed by atoms with E-state index in [0.717, 1.165) is 0 Å². The smallest absolute Gasteiger partial charge is 0.0958 e. The second kappa shape index (κ2) is 11.2. The van der Waals surface area contributed by atoms with Gasteiger partial charge in [0.25, 0.3) is 0 Å². The molecule has 0 heterocycles. The molecule has 0 aromatic heterocycles. The SMILES string of the molecule is C[Si](C)=[Hf]([Cl])[Cl].Cc1c[cH-]cc1C.c1cc[cH-]c1. The van der Waals surface area contributed by atoms with Crippen LogP contribution in [0.25, 0.3) is 0 Å². The van der Waals surface area contributed by atoms with Gasteiger partial charge in [0.05, 0.1) is 0 Å². The van der Waals surface area contributed by atoms with E-state index in [1.807, 2.05) is 30.3 Å². The minimum absolute atomic E-state index is 0.208. The standard InChI is InChI=1S/C7H9.C5H5.C2H6Si.2ClH.Hf/c1-6-4-3-5-7(6)2;1-2-4-5-3-1;1-3-2;;;/h3-5H,1-2H3;1-5H;1-2H3;2*1H;/q2*-1;;;;+2/p-2. The van der Waals surface area contributed by atoms with Gasteiger partial charge in [-0.05, 0) is 0 Å². The Labute approximate surface area is 126 Å². The van der Waals surface area contributed by atoms with E-state index in [-0.39, 0.29) is 5.49 Å². The van der Waals surface area contributed by atoms with Gasteiger partial charge in [-0.15, -0.1) is 0 Å². The van der Waals surface area contributed by atoms with E-state index in [9.17, 15) is 0 Å². The van der Waals surface area contributed by atoms with Gasteiger partial charge >= 0.3 is 53.4 Å². The fraction of sp³-hybridized carbons (Fsp3) is 0.286. The van der Waals surface area contributed by atoms with Crippen molar-refractivity contribution >= 4 is 22.6 Å². The monoisotopic (exact) mass is 466 g/mol. The molecule has 0 aliphatic carbocycles. The molecule has 0 amide bonds. The van der Waals surface area contributed by atoms with Crippen LogP contribution < -0.4 is 0 Å². The predicted octanol–water partition coefficient (Wildman–Crippen LogP) is 5.59. The van der Waals surface area contributed by atoms with Gasteiger partial charge in [0.15, 0.2) is 0 Å². The molecule has 100 valence electrons. The average Bonchev–Trinajstić information content (AvgIpc) is 2.96. The zero-order valence-electron chi connectivity index (χ0n) is 11.4. The zero-order valence-corrected chi connectivity index (χ0v) is 17.5. The third-order valence-electron chi connectivity index (χ3n) is 2.25. The Morgan fingerprint density at radius 1 is 0.944 bits per heavy atom. The van der Waals surface area contributed by atoms with Crippen LogP contribution in [0.3, 0.4) is 0 Å². The van der Waals surface area contributed by atoms with Crippen LogP contribution in [0.2, 0.25) is 13.1 Å². The number of hydrogen-bond acceptors (Lipinski definition) is 0. The van der Waals surface area contributed by atoms with Crippen molar-refractivity contribution in [3.8, 4) is 0 Å². The Bertz CT molecular complexity index is 392. The molecule has 0 saturated carbocycles. The molecule has 0 fully saturated rings. The van der Waals surface area contributed by atoms with Crippen LogP contribution in [0, 0.1) is 13.8 Å². The number of hydrogen-bond donors (Lipinski definition) is 0. The second-order valence-electron chi connectivity index (χ2n) is 4.11. The second-order valence-corrected chi connectivity index (χ2v) is 35.8. The van der Waals surface area contributed by atoms with Crippen molar-refractivity contribution in [1.29, 1.82) is 0 Å². The molecule has 2 aromatic rings. The van der Waals surface area contributed by atoms with Gasteiger partial charge in [-0.25, -0.2) is 12.1 Å². The summed E-state index contributed by atoms with van der Waals surface area (Å²) in [6, 6.07) is 16.3. The molecule has 2 rings (SSSR count). The van der Waals surface area contributed by atoms with E-state index in [4.69, 9.17) is 17.2 Å². The van der Waals surface area contributed by atoms with Crippen LogP contribution in [0.4, 0.5) is 0 Å². The van der Waals surface area contributed by atoms with E-state index in [1.165, 1.54) is 11.1 Å².